The van der Waals surface area contributed by atoms with Gasteiger partial charge in [-0.1, -0.05) is 0 Å². The number of aryl methyl sites for hydroxylation is 1. The molecule has 0 fully saturated rings. The van der Waals surface area contributed by atoms with Gasteiger partial charge in [-0.05, 0) is 64.8 Å². The Bertz CT molecular complexity index is 612. The van der Waals surface area contributed by atoms with Crippen molar-refractivity contribution in [3.8, 4) is 6.07 Å². The largest absolute Gasteiger partial charge is 0.398 e. The topological polar surface area (TPSA) is 61.8 Å². The van der Waals surface area contributed by atoms with Gasteiger partial charge in [0.15, 0.2) is 0 Å². The molecular formula is C14H12BrN3. The molecule has 0 aromatic heterocycles. The Morgan fingerprint density at radius 3 is 2.50 bits per heavy atom. The van der Waals surface area contributed by atoms with Crippen molar-refractivity contribution in [2.24, 2.45) is 0 Å². The summed E-state index contributed by atoms with van der Waals surface area (Å²) in [5, 5.41) is 12.0. The third kappa shape index (κ3) is 2.63. The molecule has 0 saturated carbocycles. The van der Waals surface area contributed by atoms with Gasteiger partial charge in [-0.3, -0.25) is 0 Å². The van der Waals surface area contributed by atoms with E-state index in [-0.39, 0.29) is 0 Å². The molecule has 0 bridgehead atoms. The van der Waals surface area contributed by atoms with Crippen molar-refractivity contribution in [3.63, 3.8) is 0 Å². The lowest BCUT2D eigenvalue weighted by atomic mass is 10.1. The third-order valence-electron chi connectivity index (χ3n) is 2.65. The maximum absolute atomic E-state index is 8.74. The number of nitrogen functional groups attached to an aromatic ring is 1. The van der Waals surface area contributed by atoms with Gasteiger partial charge in [0, 0.05) is 15.8 Å². The van der Waals surface area contributed by atoms with Crippen molar-refractivity contribution in [3.05, 3.63) is 52.0 Å². The zero-order valence-electron chi connectivity index (χ0n) is 9.87. The number of anilines is 3. The molecule has 0 saturated heterocycles. The van der Waals surface area contributed by atoms with Crippen LogP contribution >= 0.6 is 15.9 Å². The molecule has 0 aliphatic carbocycles. The monoisotopic (exact) mass is 301 g/mol. The Morgan fingerprint density at radius 1 is 1.22 bits per heavy atom. The Balaban J connectivity index is 2.28. The van der Waals surface area contributed by atoms with Crippen molar-refractivity contribution in [2.75, 3.05) is 11.1 Å². The van der Waals surface area contributed by atoms with E-state index in [1.165, 1.54) is 0 Å². The van der Waals surface area contributed by atoms with Gasteiger partial charge >= 0.3 is 0 Å². The van der Waals surface area contributed by atoms with E-state index in [0.29, 0.717) is 5.56 Å². The minimum absolute atomic E-state index is 0.646. The van der Waals surface area contributed by atoms with Crippen LogP contribution in [0.25, 0.3) is 0 Å². The molecule has 2 aromatic carbocycles. The molecule has 0 aliphatic heterocycles. The highest BCUT2D eigenvalue weighted by Crippen LogP contribution is 2.30. The van der Waals surface area contributed by atoms with E-state index in [4.69, 9.17) is 11.0 Å². The van der Waals surface area contributed by atoms with E-state index >= 15 is 0 Å². The lowest BCUT2D eigenvalue weighted by Crippen LogP contribution is -1.95. The second-order valence-corrected chi connectivity index (χ2v) is 4.86. The fourth-order valence-corrected chi connectivity index (χ4v) is 2.04. The van der Waals surface area contributed by atoms with Crippen molar-refractivity contribution in [1.29, 1.82) is 5.26 Å². The molecule has 0 heterocycles. The summed E-state index contributed by atoms with van der Waals surface area (Å²) in [5.74, 6) is 0. The fraction of sp³-hybridized carbons (Fsp3) is 0.0714. The number of nitriles is 1. The van der Waals surface area contributed by atoms with E-state index in [9.17, 15) is 0 Å². The van der Waals surface area contributed by atoms with Gasteiger partial charge in [0.2, 0.25) is 0 Å². The van der Waals surface area contributed by atoms with Crippen LogP contribution in [0.1, 0.15) is 11.1 Å². The summed E-state index contributed by atoms with van der Waals surface area (Å²) in [5.41, 5.74) is 10.1. The first-order valence-electron chi connectivity index (χ1n) is 5.43. The molecule has 2 aromatic rings. The fourth-order valence-electron chi connectivity index (χ4n) is 1.58. The summed E-state index contributed by atoms with van der Waals surface area (Å²) in [7, 11) is 0. The van der Waals surface area contributed by atoms with Crippen LogP contribution in [0.15, 0.2) is 40.9 Å². The van der Waals surface area contributed by atoms with Crippen LogP contribution in [-0.2, 0) is 0 Å². The van der Waals surface area contributed by atoms with Crippen molar-refractivity contribution >= 4 is 33.0 Å². The Hall–Kier alpha value is -1.99. The number of nitrogens with one attached hydrogen (secondary N) is 1. The van der Waals surface area contributed by atoms with Crippen LogP contribution < -0.4 is 11.1 Å². The average Bonchev–Trinajstić information content (AvgIpc) is 2.37. The van der Waals surface area contributed by atoms with Crippen LogP contribution in [0.5, 0.6) is 0 Å². The zero-order chi connectivity index (χ0) is 13.1. The van der Waals surface area contributed by atoms with E-state index in [1.54, 1.807) is 12.1 Å². The summed E-state index contributed by atoms with van der Waals surface area (Å²) in [4.78, 5) is 0. The molecule has 0 unspecified atom stereocenters. The number of nitrogens with two attached hydrogens (primary N) is 1. The maximum atomic E-state index is 8.74. The molecule has 0 atom stereocenters. The summed E-state index contributed by atoms with van der Waals surface area (Å²) in [6.45, 7) is 1.96. The second kappa shape index (κ2) is 5.11. The first kappa shape index (κ1) is 12.5. The van der Waals surface area contributed by atoms with Crippen LogP contribution in [0.4, 0.5) is 17.1 Å². The molecule has 0 aliphatic rings. The predicted molar refractivity (Wildman–Crippen MR) is 77.7 cm³/mol. The minimum Gasteiger partial charge on any atom is -0.398 e. The highest BCUT2D eigenvalue weighted by atomic mass is 79.9. The Morgan fingerprint density at radius 2 is 1.89 bits per heavy atom. The lowest BCUT2D eigenvalue weighted by Gasteiger charge is -2.11. The van der Waals surface area contributed by atoms with Crippen LogP contribution in [0, 0.1) is 18.3 Å². The molecule has 90 valence electrons. The number of hydrogen-bond acceptors (Lipinski definition) is 3. The maximum Gasteiger partial charge on any atom is 0.0991 e. The molecule has 3 nitrogen and oxygen atoms in total. The zero-order valence-corrected chi connectivity index (χ0v) is 11.5. The Kier molecular flexibility index (Phi) is 3.54. The summed E-state index contributed by atoms with van der Waals surface area (Å²) in [6, 6.07) is 13.3. The Labute approximate surface area is 114 Å². The molecule has 18 heavy (non-hydrogen) atoms. The SMILES string of the molecule is Cc1cc(Nc2ccc(C#N)cc2)c(Br)cc1N. The van der Waals surface area contributed by atoms with E-state index < -0.39 is 0 Å². The molecule has 0 spiro atoms. The smallest absolute Gasteiger partial charge is 0.0991 e. The third-order valence-corrected chi connectivity index (χ3v) is 3.30. The molecule has 0 radical (unpaired) electrons. The highest BCUT2D eigenvalue weighted by molar-refractivity contribution is 9.10. The van der Waals surface area contributed by atoms with Crippen molar-refractivity contribution in [2.45, 2.75) is 6.92 Å². The number of halogens is 1. The first-order chi connectivity index (χ1) is 8.60. The molecule has 0 amide bonds. The molecular weight excluding hydrogens is 290 g/mol. The number of rotatable bonds is 2. The number of benzene rings is 2. The summed E-state index contributed by atoms with van der Waals surface area (Å²) >= 11 is 3.47. The van der Waals surface area contributed by atoms with Crippen LogP contribution in [0.3, 0.4) is 0 Å². The normalized spacial score (nSPS) is 9.83. The standard InChI is InChI=1S/C14H12BrN3/c1-9-6-14(12(15)7-13(9)17)18-11-4-2-10(8-16)3-5-11/h2-7,18H,17H2,1H3. The van der Waals surface area contributed by atoms with Crippen LogP contribution in [0.2, 0.25) is 0 Å². The quantitative estimate of drug-likeness (QED) is 0.826. The van der Waals surface area contributed by atoms with Gasteiger partial charge < -0.3 is 11.1 Å². The van der Waals surface area contributed by atoms with Gasteiger partial charge in [0.25, 0.3) is 0 Å². The molecule has 4 heteroatoms. The first-order valence-corrected chi connectivity index (χ1v) is 6.22. The van der Waals surface area contributed by atoms with Crippen molar-refractivity contribution in [1.82, 2.24) is 0 Å². The second-order valence-electron chi connectivity index (χ2n) is 4.00. The summed E-state index contributed by atoms with van der Waals surface area (Å²) in [6.07, 6.45) is 0. The number of hydrogen-bond donors (Lipinski definition) is 2. The van der Waals surface area contributed by atoms with Gasteiger partial charge in [0.1, 0.15) is 0 Å². The number of nitrogens with zero attached hydrogens (tertiary/aromatic N) is 1. The summed E-state index contributed by atoms with van der Waals surface area (Å²) < 4.78 is 0.912. The van der Waals surface area contributed by atoms with Gasteiger partial charge in [0.05, 0.1) is 17.3 Å². The average molecular weight is 302 g/mol. The molecule has 3 N–H and O–H groups in total. The van der Waals surface area contributed by atoms with Gasteiger partial charge in [-0.2, -0.15) is 5.26 Å². The van der Waals surface area contributed by atoms with E-state index in [1.807, 2.05) is 31.2 Å². The lowest BCUT2D eigenvalue weighted by molar-refractivity contribution is 1.43. The molecule has 2 rings (SSSR count). The van der Waals surface area contributed by atoms with Crippen LogP contribution in [-0.4, -0.2) is 0 Å². The predicted octanol–water partition coefficient (Wildman–Crippen LogP) is 3.96. The highest BCUT2D eigenvalue weighted by Gasteiger charge is 2.04. The van der Waals surface area contributed by atoms with Crippen molar-refractivity contribution < 1.29 is 0 Å². The van der Waals surface area contributed by atoms with E-state index in [2.05, 4.69) is 27.3 Å². The van der Waals surface area contributed by atoms with E-state index in [0.717, 1.165) is 27.1 Å². The van der Waals surface area contributed by atoms with Gasteiger partial charge in [-0.15, -0.1) is 0 Å². The minimum atomic E-state index is 0.646. The van der Waals surface area contributed by atoms with Gasteiger partial charge in [-0.25, -0.2) is 0 Å².